The number of hydrogen-bond donors (Lipinski definition) is 3. The molecule has 0 saturated carbocycles. The summed E-state index contributed by atoms with van der Waals surface area (Å²) < 4.78 is 13.5. The van der Waals surface area contributed by atoms with Crippen molar-refractivity contribution in [2.24, 2.45) is 0 Å². The van der Waals surface area contributed by atoms with Crippen molar-refractivity contribution in [2.45, 2.75) is 0 Å². The van der Waals surface area contributed by atoms with Crippen LogP contribution in [0.5, 0.6) is 0 Å². The fourth-order valence-corrected chi connectivity index (χ4v) is 1.31. The number of aromatic nitrogens is 3. The molecule has 1 aromatic heterocycles. The number of aromatic carboxylic acids is 1. The maximum absolute atomic E-state index is 13.5. The largest absolute Gasteiger partial charge is 0.478 e. The lowest BCUT2D eigenvalue weighted by Crippen LogP contribution is -2.22. The Hall–Kier alpha value is -3.10. The number of anilines is 2. The monoisotopic (exact) mass is 277 g/mol. The second-order valence-electron chi connectivity index (χ2n) is 3.55. The Labute approximate surface area is 111 Å². The van der Waals surface area contributed by atoms with E-state index in [9.17, 15) is 14.0 Å². The van der Waals surface area contributed by atoms with E-state index in [1.165, 1.54) is 12.4 Å². The molecule has 8 nitrogen and oxygen atoms in total. The van der Waals surface area contributed by atoms with Crippen LogP contribution in [0.3, 0.4) is 0 Å². The molecule has 0 aliphatic rings. The molecule has 2 rings (SSSR count). The molecule has 0 fully saturated rings. The summed E-state index contributed by atoms with van der Waals surface area (Å²) in [6.07, 6.45) is 2.63. The molecule has 0 aliphatic heterocycles. The number of carbonyl (C=O) groups excluding carboxylic acids is 1. The smallest absolute Gasteiger partial charge is 0.335 e. The predicted molar refractivity (Wildman–Crippen MR) is 65.8 cm³/mol. The summed E-state index contributed by atoms with van der Waals surface area (Å²) in [6.45, 7) is 0. The van der Waals surface area contributed by atoms with Gasteiger partial charge in [-0.05, 0) is 18.2 Å². The van der Waals surface area contributed by atoms with Crippen LogP contribution < -0.4 is 10.6 Å². The van der Waals surface area contributed by atoms with E-state index in [1.807, 2.05) is 0 Å². The van der Waals surface area contributed by atoms with Crippen molar-refractivity contribution < 1.29 is 19.1 Å². The molecule has 0 unspecified atom stereocenters. The van der Waals surface area contributed by atoms with Gasteiger partial charge in [0.25, 0.3) is 5.95 Å². The normalized spacial score (nSPS) is 9.85. The van der Waals surface area contributed by atoms with E-state index in [4.69, 9.17) is 5.11 Å². The quantitative estimate of drug-likeness (QED) is 0.779. The molecule has 2 amide bonds. The molecule has 3 N–H and O–H groups in total. The lowest BCUT2D eigenvalue weighted by atomic mass is 10.2. The zero-order valence-electron chi connectivity index (χ0n) is 9.87. The van der Waals surface area contributed by atoms with E-state index in [0.29, 0.717) is 0 Å². The van der Waals surface area contributed by atoms with Crippen LogP contribution in [-0.2, 0) is 0 Å². The van der Waals surface area contributed by atoms with Crippen molar-refractivity contribution in [1.82, 2.24) is 15.2 Å². The van der Waals surface area contributed by atoms with Crippen LogP contribution in [0.25, 0.3) is 0 Å². The molecular formula is C11H8FN5O3. The Bertz CT molecular complexity index is 650. The number of amides is 2. The zero-order chi connectivity index (χ0) is 14.5. The molecule has 20 heavy (non-hydrogen) atoms. The van der Waals surface area contributed by atoms with Gasteiger partial charge in [0.2, 0.25) is 0 Å². The van der Waals surface area contributed by atoms with Crippen molar-refractivity contribution in [3.63, 3.8) is 0 Å². The molecule has 1 aromatic carbocycles. The molecule has 0 aliphatic carbocycles. The SMILES string of the molecule is O=C(Nc1nccnn1)Nc1cc(C(=O)O)ccc1F. The van der Waals surface area contributed by atoms with Crippen LogP contribution in [0.4, 0.5) is 20.8 Å². The van der Waals surface area contributed by atoms with Gasteiger partial charge in [-0.1, -0.05) is 0 Å². The van der Waals surface area contributed by atoms with E-state index < -0.39 is 17.8 Å². The van der Waals surface area contributed by atoms with Gasteiger partial charge in [0, 0.05) is 0 Å². The zero-order valence-corrected chi connectivity index (χ0v) is 9.87. The van der Waals surface area contributed by atoms with E-state index in [-0.39, 0.29) is 17.2 Å². The number of nitrogens with zero attached hydrogens (tertiary/aromatic N) is 3. The molecule has 0 atom stereocenters. The van der Waals surface area contributed by atoms with E-state index in [1.54, 1.807) is 0 Å². The maximum atomic E-state index is 13.5. The Balaban J connectivity index is 2.11. The molecule has 2 aromatic rings. The second-order valence-corrected chi connectivity index (χ2v) is 3.55. The first-order valence-corrected chi connectivity index (χ1v) is 5.31. The minimum absolute atomic E-state index is 0.0696. The van der Waals surface area contributed by atoms with Crippen LogP contribution in [0, 0.1) is 5.82 Å². The lowest BCUT2D eigenvalue weighted by molar-refractivity contribution is 0.0697. The first-order chi connectivity index (χ1) is 9.56. The number of halogens is 1. The third kappa shape index (κ3) is 3.22. The third-order valence-electron chi connectivity index (χ3n) is 2.17. The van der Waals surface area contributed by atoms with Crippen LogP contribution in [-0.4, -0.2) is 32.3 Å². The van der Waals surface area contributed by atoms with Crippen LogP contribution >= 0.6 is 0 Å². The fraction of sp³-hybridized carbons (Fsp3) is 0. The number of carboxylic acid groups (broad SMARTS) is 1. The Morgan fingerprint density at radius 1 is 1.20 bits per heavy atom. The number of hydrogen-bond acceptors (Lipinski definition) is 5. The van der Waals surface area contributed by atoms with E-state index in [0.717, 1.165) is 18.2 Å². The Morgan fingerprint density at radius 3 is 2.65 bits per heavy atom. The van der Waals surface area contributed by atoms with E-state index >= 15 is 0 Å². The summed E-state index contributed by atoms with van der Waals surface area (Å²) in [5, 5.41) is 20.2. The van der Waals surface area contributed by atoms with Crippen molar-refractivity contribution in [3.05, 3.63) is 42.0 Å². The lowest BCUT2D eigenvalue weighted by Gasteiger charge is -2.07. The summed E-state index contributed by atoms with van der Waals surface area (Å²) in [6, 6.07) is 2.21. The second kappa shape index (κ2) is 5.69. The van der Waals surface area contributed by atoms with Gasteiger partial charge in [-0.15, -0.1) is 5.10 Å². The highest BCUT2D eigenvalue weighted by Crippen LogP contribution is 2.16. The topological polar surface area (TPSA) is 117 Å². The molecule has 0 spiro atoms. The fourth-order valence-electron chi connectivity index (χ4n) is 1.31. The van der Waals surface area contributed by atoms with Gasteiger partial charge in [0.05, 0.1) is 23.6 Å². The van der Waals surface area contributed by atoms with Crippen molar-refractivity contribution in [1.29, 1.82) is 0 Å². The van der Waals surface area contributed by atoms with Gasteiger partial charge in [-0.3, -0.25) is 5.32 Å². The highest BCUT2D eigenvalue weighted by Gasteiger charge is 2.11. The highest BCUT2D eigenvalue weighted by atomic mass is 19.1. The average Bonchev–Trinajstić information content (AvgIpc) is 2.42. The summed E-state index contributed by atoms with van der Waals surface area (Å²) in [5.74, 6) is -2.07. The Morgan fingerprint density at radius 2 is 2.00 bits per heavy atom. The van der Waals surface area contributed by atoms with Gasteiger partial charge in [0.15, 0.2) is 0 Å². The number of benzene rings is 1. The van der Waals surface area contributed by atoms with Gasteiger partial charge in [0.1, 0.15) is 5.82 Å². The van der Waals surface area contributed by atoms with Crippen LogP contribution in [0.15, 0.2) is 30.6 Å². The molecule has 0 saturated heterocycles. The van der Waals surface area contributed by atoms with Gasteiger partial charge in [-0.25, -0.2) is 19.0 Å². The predicted octanol–water partition coefficient (Wildman–Crippen LogP) is 1.35. The molecular weight excluding hydrogens is 269 g/mol. The number of nitrogens with one attached hydrogen (secondary N) is 2. The summed E-state index contributed by atoms with van der Waals surface area (Å²) in [5.41, 5.74) is -0.425. The van der Waals surface area contributed by atoms with Gasteiger partial charge < -0.3 is 10.4 Å². The van der Waals surface area contributed by atoms with Gasteiger partial charge in [-0.2, -0.15) is 5.10 Å². The van der Waals surface area contributed by atoms with Crippen molar-refractivity contribution in [3.8, 4) is 0 Å². The summed E-state index contributed by atoms with van der Waals surface area (Å²) in [4.78, 5) is 26.0. The minimum atomic E-state index is -1.23. The first-order valence-electron chi connectivity index (χ1n) is 5.31. The minimum Gasteiger partial charge on any atom is -0.478 e. The Kier molecular flexibility index (Phi) is 3.80. The standard InChI is InChI=1S/C11H8FN5O3/c12-7-2-1-6(9(18)19)5-8(7)15-11(20)16-10-13-3-4-14-17-10/h1-5H,(H,18,19)(H2,13,15,16,17,20). The van der Waals surface area contributed by atoms with E-state index in [2.05, 4.69) is 25.8 Å². The first kappa shape index (κ1) is 13.3. The van der Waals surface area contributed by atoms with Crippen LogP contribution in [0.1, 0.15) is 10.4 Å². The number of carbonyl (C=O) groups is 2. The summed E-state index contributed by atoms with van der Waals surface area (Å²) in [7, 11) is 0. The molecule has 1 heterocycles. The number of carboxylic acids is 1. The number of urea groups is 1. The molecule has 9 heteroatoms. The molecule has 102 valence electrons. The molecule has 0 bridgehead atoms. The van der Waals surface area contributed by atoms with Crippen molar-refractivity contribution >= 4 is 23.6 Å². The van der Waals surface area contributed by atoms with Crippen molar-refractivity contribution in [2.75, 3.05) is 10.6 Å². The van der Waals surface area contributed by atoms with Gasteiger partial charge >= 0.3 is 12.0 Å². The summed E-state index contributed by atoms with van der Waals surface area (Å²) >= 11 is 0. The molecule has 0 radical (unpaired) electrons. The average molecular weight is 277 g/mol. The highest BCUT2D eigenvalue weighted by molar-refractivity contribution is 5.99. The number of rotatable bonds is 3. The third-order valence-corrected chi connectivity index (χ3v) is 2.17. The maximum Gasteiger partial charge on any atom is 0.335 e. The van der Waals surface area contributed by atoms with Crippen LogP contribution in [0.2, 0.25) is 0 Å².